The van der Waals surface area contributed by atoms with Gasteiger partial charge in [-0.2, -0.15) is 0 Å². The van der Waals surface area contributed by atoms with Crippen molar-refractivity contribution in [1.29, 1.82) is 0 Å². The lowest BCUT2D eigenvalue weighted by Crippen LogP contribution is -2.43. The van der Waals surface area contributed by atoms with E-state index in [1.54, 1.807) is 31.2 Å². The van der Waals surface area contributed by atoms with Gasteiger partial charge < -0.3 is 5.73 Å². The Hall–Kier alpha value is -2.01. The molecule has 0 spiro atoms. The number of hydrogen-bond acceptors (Lipinski definition) is 4. The highest BCUT2D eigenvalue weighted by molar-refractivity contribution is 6.04. The van der Waals surface area contributed by atoms with Gasteiger partial charge in [-0.15, -0.1) is 0 Å². The molecule has 0 bridgehead atoms. The van der Waals surface area contributed by atoms with E-state index < -0.39 is 11.8 Å². The van der Waals surface area contributed by atoms with Crippen LogP contribution >= 0.6 is 0 Å². The zero-order valence-corrected chi connectivity index (χ0v) is 10.2. The van der Waals surface area contributed by atoms with Crippen molar-refractivity contribution in [2.45, 2.75) is 13.3 Å². The van der Waals surface area contributed by atoms with Gasteiger partial charge in [0.15, 0.2) is 5.78 Å². The van der Waals surface area contributed by atoms with Crippen LogP contribution in [0.25, 0.3) is 0 Å². The van der Waals surface area contributed by atoms with Crippen molar-refractivity contribution in [2.24, 2.45) is 5.73 Å². The maximum Gasteiger partial charge on any atom is 0.243 e. The largest absolute Gasteiger partial charge is 0.322 e. The van der Waals surface area contributed by atoms with Crippen LogP contribution in [0.2, 0.25) is 0 Å². The van der Waals surface area contributed by atoms with E-state index >= 15 is 0 Å². The molecule has 0 atom stereocenters. The van der Waals surface area contributed by atoms with Crippen molar-refractivity contribution >= 4 is 17.6 Å². The molecule has 0 aliphatic heterocycles. The van der Waals surface area contributed by atoms with Crippen molar-refractivity contribution in [1.82, 2.24) is 4.90 Å². The van der Waals surface area contributed by atoms with Crippen LogP contribution in [0.3, 0.4) is 0 Å². The molecule has 0 unspecified atom stereocenters. The van der Waals surface area contributed by atoms with Gasteiger partial charge in [0.05, 0.1) is 13.1 Å². The molecule has 1 rings (SSSR count). The molecule has 1 aromatic rings. The zero-order valence-electron chi connectivity index (χ0n) is 10.2. The molecule has 2 amide bonds. The maximum absolute atomic E-state index is 11.9. The van der Waals surface area contributed by atoms with Gasteiger partial charge in [0.2, 0.25) is 11.8 Å². The van der Waals surface area contributed by atoms with E-state index in [0.29, 0.717) is 5.56 Å². The summed E-state index contributed by atoms with van der Waals surface area (Å²) in [4.78, 5) is 35.9. The summed E-state index contributed by atoms with van der Waals surface area (Å²) >= 11 is 0. The number of ketones is 1. The monoisotopic (exact) mass is 247 g/mol. The average Bonchev–Trinajstić information content (AvgIpc) is 2.43. The van der Waals surface area contributed by atoms with Crippen molar-refractivity contribution in [3.63, 3.8) is 0 Å². The summed E-state index contributed by atoms with van der Waals surface area (Å²) in [6.07, 6.45) is 0.154. The molecule has 95 valence electrons. The second kappa shape index (κ2) is 6.66. The molecule has 1 radical (unpaired) electrons. The first-order valence-corrected chi connectivity index (χ1v) is 5.62. The van der Waals surface area contributed by atoms with Crippen molar-refractivity contribution < 1.29 is 14.4 Å². The van der Waals surface area contributed by atoms with E-state index in [2.05, 4.69) is 6.07 Å². The van der Waals surface area contributed by atoms with Gasteiger partial charge in [-0.1, -0.05) is 31.2 Å². The number of carbonyl (C=O) groups is 3. The molecular weight excluding hydrogens is 232 g/mol. The Labute approximate surface area is 106 Å². The Bertz CT molecular complexity index is 427. The second-order valence-corrected chi connectivity index (χ2v) is 3.64. The molecule has 0 aliphatic rings. The Balaban J connectivity index is 2.81. The quantitative estimate of drug-likeness (QED) is 0.763. The lowest BCUT2D eigenvalue weighted by molar-refractivity contribution is -0.143. The fourth-order valence-electron chi connectivity index (χ4n) is 1.42. The minimum atomic E-state index is -0.544. The van der Waals surface area contributed by atoms with Gasteiger partial charge in [-0.3, -0.25) is 19.3 Å². The Morgan fingerprint density at radius 3 is 2.33 bits per heavy atom. The second-order valence-electron chi connectivity index (χ2n) is 3.64. The van der Waals surface area contributed by atoms with E-state index in [9.17, 15) is 14.4 Å². The summed E-state index contributed by atoms with van der Waals surface area (Å²) in [5, 5.41) is 0. The first-order chi connectivity index (χ1) is 8.60. The van der Waals surface area contributed by atoms with Crippen LogP contribution in [0.4, 0.5) is 0 Å². The van der Waals surface area contributed by atoms with Gasteiger partial charge in [0.1, 0.15) is 0 Å². The van der Waals surface area contributed by atoms with Gasteiger partial charge >= 0.3 is 0 Å². The van der Waals surface area contributed by atoms with E-state index in [1.165, 1.54) is 0 Å². The summed E-state index contributed by atoms with van der Waals surface area (Å²) in [7, 11) is 0. The van der Waals surface area contributed by atoms with Gasteiger partial charge in [0.25, 0.3) is 0 Å². The number of rotatable bonds is 5. The fourth-order valence-corrected chi connectivity index (χ4v) is 1.42. The molecule has 0 heterocycles. The Morgan fingerprint density at radius 2 is 1.83 bits per heavy atom. The van der Waals surface area contributed by atoms with Crippen LogP contribution in [-0.4, -0.2) is 35.6 Å². The van der Waals surface area contributed by atoms with Crippen LogP contribution in [0.1, 0.15) is 23.7 Å². The highest BCUT2D eigenvalue weighted by Crippen LogP contribution is 2.03. The van der Waals surface area contributed by atoms with Crippen LogP contribution in [0.15, 0.2) is 24.3 Å². The third-order valence-electron chi connectivity index (χ3n) is 2.42. The highest BCUT2D eigenvalue weighted by atomic mass is 16.2. The Kier molecular flexibility index (Phi) is 5.20. The first kappa shape index (κ1) is 14.1. The maximum atomic E-state index is 11.9. The molecule has 18 heavy (non-hydrogen) atoms. The molecule has 0 fully saturated rings. The van der Waals surface area contributed by atoms with Crippen LogP contribution in [0, 0.1) is 6.07 Å². The van der Waals surface area contributed by atoms with Crippen LogP contribution in [-0.2, 0) is 9.59 Å². The molecule has 0 aliphatic carbocycles. The number of carbonyl (C=O) groups excluding carboxylic acids is 3. The topological polar surface area (TPSA) is 80.5 Å². The number of imide groups is 1. The molecule has 0 saturated carbocycles. The minimum Gasteiger partial charge on any atom is -0.322 e. The van der Waals surface area contributed by atoms with E-state index in [4.69, 9.17) is 5.73 Å². The zero-order chi connectivity index (χ0) is 13.5. The number of nitrogens with zero attached hydrogens (tertiary/aromatic N) is 1. The molecule has 5 nitrogen and oxygen atoms in total. The van der Waals surface area contributed by atoms with E-state index in [1.807, 2.05) is 0 Å². The summed E-state index contributed by atoms with van der Waals surface area (Å²) in [5.41, 5.74) is 5.66. The SMILES string of the molecule is CCC(=O)N(CC(=O)c1cc[c]cc1)C(=O)CN. The third kappa shape index (κ3) is 3.49. The summed E-state index contributed by atoms with van der Waals surface area (Å²) < 4.78 is 0. The highest BCUT2D eigenvalue weighted by Gasteiger charge is 2.22. The van der Waals surface area contributed by atoms with Gasteiger partial charge in [-0.05, 0) is 6.07 Å². The number of Topliss-reactive ketones (excluding diaryl/α,β-unsaturated/α-hetero) is 1. The van der Waals surface area contributed by atoms with Crippen molar-refractivity contribution in [3.8, 4) is 0 Å². The standard InChI is InChI=1S/C13H15N2O3/c1-2-12(17)15(13(18)8-14)9-11(16)10-6-4-3-5-7-10/h4-7H,2,8-9,14H2,1H3. The van der Waals surface area contributed by atoms with Crippen LogP contribution < -0.4 is 5.73 Å². The normalized spacial score (nSPS) is 9.89. The molecule has 1 aromatic carbocycles. The number of benzene rings is 1. The van der Waals surface area contributed by atoms with Gasteiger partial charge in [0, 0.05) is 12.0 Å². The van der Waals surface area contributed by atoms with E-state index in [0.717, 1.165) is 4.90 Å². The summed E-state index contributed by atoms with van der Waals surface area (Å²) in [5.74, 6) is -1.24. The summed E-state index contributed by atoms with van der Waals surface area (Å²) in [6.45, 7) is 1.06. The number of amides is 2. The fraction of sp³-hybridized carbons (Fsp3) is 0.308. The van der Waals surface area contributed by atoms with Crippen molar-refractivity contribution in [3.05, 3.63) is 35.9 Å². The third-order valence-corrected chi connectivity index (χ3v) is 2.42. The van der Waals surface area contributed by atoms with Gasteiger partial charge in [-0.25, -0.2) is 0 Å². The average molecular weight is 247 g/mol. The number of nitrogens with two attached hydrogens (primary N) is 1. The molecular formula is C13H15N2O3. The molecule has 2 N–H and O–H groups in total. The lowest BCUT2D eigenvalue weighted by atomic mass is 10.1. The number of hydrogen-bond donors (Lipinski definition) is 1. The first-order valence-electron chi connectivity index (χ1n) is 5.62. The van der Waals surface area contributed by atoms with Crippen LogP contribution in [0.5, 0.6) is 0 Å². The summed E-state index contributed by atoms with van der Waals surface area (Å²) in [6, 6.07) is 9.17. The Morgan fingerprint density at radius 1 is 1.22 bits per heavy atom. The molecule has 0 aromatic heterocycles. The smallest absolute Gasteiger partial charge is 0.243 e. The minimum absolute atomic E-state index is 0.154. The molecule has 0 saturated heterocycles. The van der Waals surface area contributed by atoms with Crippen molar-refractivity contribution in [2.75, 3.05) is 13.1 Å². The lowest BCUT2D eigenvalue weighted by Gasteiger charge is -2.18. The van der Waals surface area contributed by atoms with E-state index in [-0.39, 0.29) is 25.3 Å². The predicted octanol–water partition coefficient (Wildman–Crippen LogP) is 0.393. The predicted molar refractivity (Wildman–Crippen MR) is 65.7 cm³/mol. The molecule has 5 heteroatoms.